The van der Waals surface area contributed by atoms with Gasteiger partial charge < -0.3 is 15.6 Å². The van der Waals surface area contributed by atoms with E-state index in [1.165, 1.54) is 33.4 Å². The summed E-state index contributed by atoms with van der Waals surface area (Å²) in [6.45, 7) is 4.58. The predicted molar refractivity (Wildman–Crippen MR) is 229 cm³/mol. The third-order valence-corrected chi connectivity index (χ3v) is 9.67. The van der Waals surface area contributed by atoms with E-state index in [4.69, 9.17) is 15.6 Å². The molecule has 0 saturated heterocycles. The van der Waals surface area contributed by atoms with Gasteiger partial charge in [0.1, 0.15) is 11.2 Å². The van der Waals surface area contributed by atoms with Crippen LogP contribution in [0, 0.1) is 12.3 Å². The van der Waals surface area contributed by atoms with Gasteiger partial charge in [-0.05, 0) is 99.6 Å². The van der Waals surface area contributed by atoms with Gasteiger partial charge >= 0.3 is 0 Å². The fraction of sp³-hybridized carbons (Fsp3) is 0.0392. The van der Waals surface area contributed by atoms with Crippen molar-refractivity contribution in [3.05, 3.63) is 217 Å². The highest BCUT2D eigenvalue weighted by Crippen LogP contribution is 2.39. The monoisotopic (exact) mass is 698 g/mol. The Morgan fingerprint density at radius 2 is 0.907 bits per heavy atom. The minimum Gasteiger partial charge on any atom is -0.456 e. The summed E-state index contributed by atoms with van der Waals surface area (Å²) in [6.07, 6.45) is 0. The molecule has 3 N–H and O–H groups in total. The van der Waals surface area contributed by atoms with E-state index in [0.717, 1.165) is 49.8 Å². The number of hydrogen-bond donors (Lipinski definition) is 2. The molecule has 1 heterocycles. The molecule has 0 saturated carbocycles. The Bertz CT molecular complexity index is 2590. The van der Waals surface area contributed by atoms with Crippen molar-refractivity contribution in [1.29, 1.82) is 5.41 Å². The minimum atomic E-state index is -0.195. The molecule has 8 aromatic carbocycles. The van der Waals surface area contributed by atoms with E-state index in [0.29, 0.717) is 0 Å². The van der Waals surface area contributed by atoms with Crippen molar-refractivity contribution in [2.45, 2.75) is 13.0 Å². The van der Waals surface area contributed by atoms with Crippen molar-refractivity contribution in [3.63, 3.8) is 0 Å². The first-order chi connectivity index (χ1) is 26.6. The normalized spacial score (nSPS) is 11.2. The van der Waals surface area contributed by atoms with Crippen molar-refractivity contribution >= 4 is 28.7 Å². The van der Waals surface area contributed by atoms with Crippen LogP contribution in [0.4, 0.5) is 0 Å². The highest BCUT2D eigenvalue weighted by Gasteiger charge is 2.16. The van der Waals surface area contributed by atoms with Gasteiger partial charge in [0.2, 0.25) is 0 Å². The molecular weight excluding hydrogens is 657 g/mol. The molecule has 1 unspecified atom stereocenters. The van der Waals surface area contributed by atoms with Gasteiger partial charge in [-0.2, -0.15) is 0 Å². The highest BCUT2D eigenvalue weighted by molar-refractivity contribution is 6.13. The average Bonchev–Trinajstić information content (AvgIpc) is 3.64. The number of nitrogens with one attached hydrogen (secondary N) is 1. The van der Waals surface area contributed by atoms with E-state index in [1.54, 1.807) is 0 Å². The van der Waals surface area contributed by atoms with Crippen LogP contribution in [-0.2, 0) is 0 Å². The second-order valence-corrected chi connectivity index (χ2v) is 13.2. The summed E-state index contributed by atoms with van der Waals surface area (Å²) < 4.78 is 6.37. The Morgan fingerprint density at radius 1 is 0.426 bits per heavy atom. The molecule has 9 rings (SSSR count). The molecule has 0 amide bonds. The van der Waals surface area contributed by atoms with Crippen LogP contribution >= 0.6 is 0 Å². The summed E-state index contributed by atoms with van der Waals surface area (Å²) >= 11 is 0. The first-order valence-corrected chi connectivity index (χ1v) is 18.1. The number of aryl methyl sites for hydroxylation is 1. The van der Waals surface area contributed by atoms with E-state index in [-0.39, 0.29) is 6.04 Å². The number of benzene rings is 8. The number of nitrogens with two attached hydrogens (primary N) is 1. The number of fused-ring (bicyclic) bond motifs is 3. The molecule has 0 radical (unpaired) electrons. The van der Waals surface area contributed by atoms with E-state index in [9.17, 15) is 0 Å². The van der Waals surface area contributed by atoms with E-state index < -0.39 is 0 Å². The Hall–Kier alpha value is -6.81. The van der Waals surface area contributed by atoms with Gasteiger partial charge in [-0.25, -0.2) is 0 Å². The topological polar surface area (TPSA) is 63.0 Å². The molecule has 54 heavy (non-hydrogen) atoms. The zero-order chi connectivity index (χ0) is 37.3. The largest absolute Gasteiger partial charge is 0.456 e. The zero-order valence-corrected chi connectivity index (χ0v) is 30.3. The molecular formula is C51H42N2O. The van der Waals surface area contributed by atoms with Crippen molar-refractivity contribution < 1.29 is 4.42 Å². The van der Waals surface area contributed by atoms with Crippen molar-refractivity contribution in [2.24, 2.45) is 5.73 Å². The van der Waals surface area contributed by atoms with Crippen LogP contribution in [0.3, 0.4) is 0 Å². The van der Waals surface area contributed by atoms with Crippen molar-refractivity contribution in [2.75, 3.05) is 0 Å². The van der Waals surface area contributed by atoms with Crippen LogP contribution in [-0.4, -0.2) is 6.72 Å². The average molecular weight is 699 g/mol. The summed E-state index contributed by atoms with van der Waals surface area (Å²) in [7, 11) is 0. The standard InChI is InChI=1S/C43H31NO.C7H8.CH3N/c44-43(32-12-5-2-6-13-32)37-17-8-16-36(27-37)38-18-9-19-41-42(38)39-28-35(24-25-40(39)45-41)34-15-7-14-33(26-34)31-22-20-30(21-23-31)29-10-3-1-4-11-29;1-7-5-3-2-4-6-7;1-2/h1-28,43H,44H2;2-6H,1H3;2H,1H2. The summed E-state index contributed by atoms with van der Waals surface area (Å²) in [6, 6.07) is 69.8. The second kappa shape index (κ2) is 16.7. The Kier molecular flexibility index (Phi) is 11.0. The van der Waals surface area contributed by atoms with Gasteiger partial charge in [0, 0.05) is 10.8 Å². The molecule has 0 aliphatic heterocycles. The molecule has 1 atom stereocenters. The molecule has 0 bridgehead atoms. The lowest BCUT2D eigenvalue weighted by molar-refractivity contribution is 0.669. The Balaban J connectivity index is 0.000000446. The minimum absolute atomic E-state index is 0.195. The molecule has 3 heteroatoms. The van der Waals surface area contributed by atoms with Gasteiger partial charge in [-0.15, -0.1) is 0 Å². The fourth-order valence-corrected chi connectivity index (χ4v) is 6.90. The first-order valence-electron chi connectivity index (χ1n) is 18.1. The molecule has 0 aliphatic carbocycles. The van der Waals surface area contributed by atoms with Crippen LogP contribution in [0.2, 0.25) is 0 Å². The summed E-state index contributed by atoms with van der Waals surface area (Å²) in [5.41, 5.74) is 21.4. The van der Waals surface area contributed by atoms with Gasteiger partial charge in [-0.3, -0.25) is 0 Å². The highest BCUT2D eigenvalue weighted by atomic mass is 16.3. The van der Waals surface area contributed by atoms with Crippen LogP contribution in [0.25, 0.3) is 66.4 Å². The SMILES string of the molecule is C=N.Cc1ccccc1.NC(c1ccccc1)c1cccc(-c2cccc3oc4ccc(-c5cccc(-c6ccc(-c7ccccc7)cc6)c5)cc4c23)c1. The molecule has 0 spiro atoms. The second-order valence-electron chi connectivity index (χ2n) is 13.2. The molecule has 0 fully saturated rings. The smallest absolute Gasteiger partial charge is 0.136 e. The lowest BCUT2D eigenvalue weighted by atomic mass is 9.93. The van der Waals surface area contributed by atoms with Gasteiger partial charge in [-0.1, -0.05) is 175 Å². The lowest BCUT2D eigenvalue weighted by Gasteiger charge is -2.14. The maximum absolute atomic E-state index is 6.70. The maximum Gasteiger partial charge on any atom is 0.136 e. The first kappa shape index (κ1) is 35.6. The van der Waals surface area contributed by atoms with Crippen molar-refractivity contribution in [3.8, 4) is 44.5 Å². The van der Waals surface area contributed by atoms with Crippen LogP contribution in [0.15, 0.2) is 205 Å². The summed E-state index contributed by atoms with van der Waals surface area (Å²) in [5, 5.41) is 7.72. The number of rotatable bonds is 6. The van der Waals surface area contributed by atoms with Gasteiger partial charge in [0.05, 0.1) is 6.04 Å². The Labute approximate surface area is 317 Å². The molecule has 1 aromatic heterocycles. The Morgan fingerprint density at radius 3 is 1.57 bits per heavy atom. The van der Waals surface area contributed by atoms with E-state index >= 15 is 0 Å². The van der Waals surface area contributed by atoms with Gasteiger partial charge in [0.15, 0.2) is 0 Å². The maximum atomic E-state index is 6.70. The summed E-state index contributed by atoms with van der Waals surface area (Å²) in [5.74, 6) is 0. The molecule has 262 valence electrons. The predicted octanol–water partition coefficient (Wildman–Crippen LogP) is 13.6. The van der Waals surface area contributed by atoms with Crippen LogP contribution < -0.4 is 5.73 Å². The van der Waals surface area contributed by atoms with E-state index in [1.807, 2.05) is 42.5 Å². The van der Waals surface area contributed by atoms with Gasteiger partial charge in [0.25, 0.3) is 0 Å². The molecule has 9 aromatic rings. The quantitative estimate of drug-likeness (QED) is 0.170. The molecule has 0 aliphatic rings. The van der Waals surface area contributed by atoms with Crippen LogP contribution in [0.5, 0.6) is 0 Å². The lowest BCUT2D eigenvalue weighted by Crippen LogP contribution is -2.11. The fourth-order valence-electron chi connectivity index (χ4n) is 6.90. The summed E-state index contributed by atoms with van der Waals surface area (Å²) in [4.78, 5) is 0. The third kappa shape index (κ3) is 7.83. The zero-order valence-electron chi connectivity index (χ0n) is 30.3. The van der Waals surface area contributed by atoms with Crippen LogP contribution in [0.1, 0.15) is 22.7 Å². The van der Waals surface area contributed by atoms with E-state index in [2.05, 4.69) is 171 Å². The van der Waals surface area contributed by atoms with Crippen molar-refractivity contribution in [1.82, 2.24) is 0 Å². The number of hydrogen-bond acceptors (Lipinski definition) is 3. The third-order valence-electron chi connectivity index (χ3n) is 9.67. The molecule has 3 nitrogen and oxygen atoms in total. The number of furan rings is 1.